The Morgan fingerprint density at radius 2 is 1.50 bits per heavy atom. The number of alkyl halides is 3. The highest BCUT2D eigenvalue weighted by Gasteiger charge is 2.64. The van der Waals surface area contributed by atoms with Gasteiger partial charge in [0.2, 0.25) is 5.54 Å². The maximum Gasteiger partial charge on any atom is 0.573 e. The Morgan fingerprint density at radius 3 is 2.10 bits per heavy atom. The molecule has 5 amide bonds. The van der Waals surface area contributed by atoms with E-state index in [-0.39, 0.29) is 36.3 Å². The van der Waals surface area contributed by atoms with Crippen molar-refractivity contribution in [1.29, 1.82) is 0 Å². The SMILES string of the molecule is CC(C)(C)OC(=O)N1CCOC(CN2CCOCC23CN(C2(c4ccc(Oc5ccc(OC(F)(F)F)cc5)cc4)C(=O)NC(=O)NC2=O)C3)C1. The van der Waals surface area contributed by atoms with Gasteiger partial charge in [-0.25, -0.2) is 9.59 Å². The van der Waals surface area contributed by atoms with Crippen LogP contribution in [0.5, 0.6) is 17.2 Å². The molecular weight excluding hydrogens is 667 g/mol. The molecule has 1 unspecified atom stereocenters. The van der Waals surface area contributed by atoms with E-state index in [1.54, 1.807) is 9.80 Å². The summed E-state index contributed by atoms with van der Waals surface area (Å²) in [6, 6.07) is 9.94. The van der Waals surface area contributed by atoms with Crippen molar-refractivity contribution in [3.63, 3.8) is 0 Å². The van der Waals surface area contributed by atoms with Crippen LogP contribution in [0, 0.1) is 0 Å². The van der Waals surface area contributed by atoms with Gasteiger partial charge in [-0.2, -0.15) is 0 Å². The number of nitrogens with one attached hydrogen (secondary N) is 2. The maximum atomic E-state index is 13.7. The van der Waals surface area contributed by atoms with Gasteiger partial charge in [-0.15, -0.1) is 13.2 Å². The van der Waals surface area contributed by atoms with Crippen LogP contribution in [0.25, 0.3) is 0 Å². The molecule has 0 aliphatic carbocycles. The van der Waals surface area contributed by atoms with Crippen LogP contribution in [0.4, 0.5) is 22.8 Å². The van der Waals surface area contributed by atoms with Crippen molar-refractivity contribution in [2.75, 3.05) is 59.1 Å². The second-order valence-corrected chi connectivity index (χ2v) is 13.6. The van der Waals surface area contributed by atoms with Crippen LogP contribution >= 0.6 is 0 Å². The molecule has 14 nitrogen and oxygen atoms in total. The quantitative estimate of drug-likeness (QED) is 0.410. The molecule has 6 rings (SSSR count). The largest absolute Gasteiger partial charge is 0.573 e. The number of morpholine rings is 2. The summed E-state index contributed by atoms with van der Waals surface area (Å²) in [7, 11) is 0. The van der Waals surface area contributed by atoms with Gasteiger partial charge in [0.05, 0.1) is 38.0 Å². The van der Waals surface area contributed by atoms with Crippen LogP contribution in [-0.4, -0.2) is 121 Å². The molecule has 0 radical (unpaired) electrons. The Balaban J connectivity index is 1.18. The van der Waals surface area contributed by atoms with E-state index in [1.165, 1.54) is 36.4 Å². The first-order chi connectivity index (χ1) is 23.6. The fourth-order valence-corrected chi connectivity index (χ4v) is 6.67. The maximum absolute atomic E-state index is 13.7. The monoisotopic (exact) mass is 705 g/mol. The lowest BCUT2D eigenvalue weighted by molar-refractivity contribution is -0.274. The first-order valence-electron chi connectivity index (χ1n) is 16.0. The Labute approximate surface area is 285 Å². The van der Waals surface area contributed by atoms with Crippen LogP contribution in [-0.2, 0) is 29.3 Å². The number of barbiturate groups is 1. The fourth-order valence-electron chi connectivity index (χ4n) is 6.67. The van der Waals surface area contributed by atoms with Gasteiger partial charge in [-0.05, 0) is 62.7 Å². The Morgan fingerprint density at radius 1 is 0.900 bits per heavy atom. The lowest BCUT2D eigenvalue weighted by Crippen LogP contribution is -2.83. The highest BCUT2D eigenvalue weighted by molar-refractivity contribution is 6.22. The van der Waals surface area contributed by atoms with E-state index in [1.807, 2.05) is 20.8 Å². The molecule has 1 spiro atoms. The van der Waals surface area contributed by atoms with Crippen molar-refractivity contribution < 1.29 is 56.0 Å². The summed E-state index contributed by atoms with van der Waals surface area (Å²) in [5.74, 6) is -1.54. The van der Waals surface area contributed by atoms with Crippen LogP contribution < -0.4 is 20.1 Å². The first kappa shape index (κ1) is 35.4. The van der Waals surface area contributed by atoms with E-state index in [4.69, 9.17) is 18.9 Å². The second-order valence-electron chi connectivity index (χ2n) is 13.6. The number of hydrogen-bond acceptors (Lipinski definition) is 11. The van der Waals surface area contributed by atoms with Crippen molar-refractivity contribution in [3.05, 3.63) is 54.1 Å². The van der Waals surface area contributed by atoms with Gasteiger partial charge >= 0.3 is 18.5 Å². The third-order valence-corrected chi connectivity index (χ3v) is 8.88. The third-order valence-electron chi connectivity index (χ3n) is 8.88. The molecule has 2 aromatic carbocycles. The zero-order valence-corrected chi connectivity index (χ0v) is 27.7. The molecule has 270 valence electrons. The normalized spacial score (nSPS) is 22.7. The minimum absolute atomic E-state index is 0.221. The minimum Gasteiger partial charge on any atom is -0.457 e. The summed E-state index contributed by atoms with van der Waals surface area (Å²) in [6.07, 6.45) is -5.55. The van der Waals surface area contributed by atoms with Gasteiger partial charge in [-0.3, -0.25) is 30.0 Å². The van der Waals surface area contributed by atoms with Gasteiger partial charge in [0, 0.05) is 32.7 Å². The molecule has 0 bridgehead atoms. The van der Waals surface area contributed by atoms with E-state index in [2.05, 4.69) is 20.3 Å². The zero-order chi connectivity index (χ0) is 35.9. The standard InChI is InChI=1S/C33H38F3N5O9/c1-30(2,3)50-29(45)39-12-15-47-25(16-39)17-40-13-14-46-20-31(40)18-41(19-31)32(26(42)37-28(44)38-27(32)43)21-4-6-22(7-5-21)48-23-8-10-24(11-9-23)49-33(34,35)36/h4-11,25H,12-20H2,1-3H3,(H2,37,38,42,43,44). The van der Waals surface area contributed by atoms with Gasteiger partial charge < -0.3 is 28.6 Å². The molecule has 4 heterocycles. The van der Waals surface area contributed by atoms with Crippen molar-refractivity contribution in [3.8, 4) is 17.2 Å². The Bertz CT molecular complexity index is 1590. The summed E-state index contributed by atoms with van der Waals surface area (Å²) >= 11 is 0. The highest BCUT2D eigenvalue weighted by atomic mass is 19.4. The summed E-state index contributed by atoms with van der Waals surface area (Å²) in [5, 5.41) is 4.47. The van der Waals surface area contributed by atoms with E-state index in [0.717, 1.165) is 12.1 Å². The van der Waals surface area contributed by atoms with Crippen LogP contribution in [0.1, 0.15) is 26.3 Å². The smallest absolute Gasteiger partial charge is 0.457 e. The molecule has 1 atom stereocenters. The number of rotatable bonds is 7. The van der Waals surface area contributed by atoms with Crippen LogP contribution in [0.2, 0.25) is 0 Å². The molecule has 4 aliphatic heterocycles. The molecule has 4 saturated heterocycles. The number of halogens is 3. The van der Waals surface area contributed by atoms with Gasteiger partial charge in [0.1, 0.15) is 22.8 Å². The number of nitrogens with zero attached hydrogens (tertiary/aromatic N) is 3. The van der Waals surface area contributed by atoms with E-state index in [9.17, 15) is 32.3 Å². The summed E-state index contributed by atoms with van der Waals surface area (Å²) in [4.78, 5) is 57.8. The van der Waals surface area contributed by atoms with E-state index in [0.29, 0.717) is 46.0 Å². The van der Waals surface area contributed by atoms with Gasteiger partial charge in [-0.1, -0.05) is 12.1 Å². The Kier molecular flexibility index (Phi) is 9.45. The lowest BCUT2D eigenvalue weighted by atomic mass is 9.76. The number of ether oxygens (including phenoxy) is 5. The van der Waals surface area contributed by atoms with Gasteiger partial charge in [0.15, 0.2) is 0 Å². The van der Waals surface area contributed by atoms with Crippen molar-refractivity contribution in [2.24, 2.45) is 0 Å². The topological polar surface area (TPSA) is 148 Å². The van der Waals surface area contributed by atoms with E-state index >= 15 is 0 Å². The van der Waals surface area contributed by atoms with Crippen molar-refractivity contribution >= 4 is 23.9 Å². The summed E-state index contributed by atoms with van der Waals surface area (Å²) in [5.41, 5.74) is -2.87. The number of hydrogen-bond donors (Lipinski definition) is 2. The number of carbonyl (C=O) groups excluding carboxylic acids is 4. The highest BCUT2D eigenvalue weighted by Crippen LogP contribution is 2.42. The molecule has 2 aromatic rings. The third kappa shape index (κ3) is 7.35. The number of amides is 5. The van der Waals surface area contributed by atoms with E-state index < -0.39 is 52.7 Å². The predicted molar refractivity (Wildman–Crippen MR) is 167 cm³/mol. The molecule has 2 N–H and O–H groups in total. The second kappa shape index (κ2) is 13.4. The molecule has 0 aromatic heterocycles. The van der Waals surface area contributed by atoms with Crippen molar-refractivity contribution in [1.82, 2.24) is 25.3 Å². The Hall–Kier alpha value is -4.45. The fraction of sp³-hybridized carbons (Fsp3) is 0.515. The van der Waals surface area contributed by atoms with Gasteiger partial charge in [0.25, 0.3) is 11.8 Å². The molecule has 17 heteroatoms. The molecule has 4 aliphatic rings. The lowest BCUT2D eigenvalue weighted by Gasteiger charge is -2.62. The molecular formula is C33H38F3N5O9. The number of benzene rings is 2. The number of likely N-dealkylation sites (tertiary alicyclic amines) is 1. The summed E-state index contributed by atoms with van der Waals surface area (Å²) < 4.78 is 64.6. The number of carbonyl (C=O) groups is 4. The number of imide groups is 2. The average Bonchev–Trinajstić information content (AvgIpc) is 3.01. The van der Waals surface area contributed by atoms with Crippen LogP contribution in [0.15, 0.2) is 48.5 Å². The molecule has 50 heavy (non-hydrogen) atoms. The molecule has 4 fully saturated rings. The summed E-state index contributed by atoms with van der Waals surface area (Å²) in [6.45, 7) is 8.79. The van der Waals surface area contributed by atoms with Crippen molar-refractivity contribution in [2.45, 2.75) is 49.9 Å². The number of urea groups is 1. The van der Waals surface area contributed by atoms with Crippen LogP contribution in [0.3, 0.4) is 0 Å². The average molecular weight is 706 g/mol. The minimum atomic E-state index is -4.83. The first-order valence-corrected chi connectivity index (χ1v) is 16.0. The zero-order valence-electron chi connectivity index (χ0n) is 27.7. The predicted octanol–water partition coefficient (Wildman–Crippen LogP) is 2.96. The molecule has 0 saturated carbocycles.